The van der Waals surface area contributed by atoms with Gasteiger partial charge in [-0.15, -0.1) is 0 Å². The predicted molar refractivity (Wildman–Crippen MR) is 80.6 cm³/mol. The van der Waals surface area contributed by atoms with Crippen molar-refractivity contribution >= 4 is 11.6 Å². The Morgan fingerprint density at radius 1 is 1.00 bits per heavy atom. The molecule has 21 heavy (non-hydrogen) atoms. The Hall–Kier alpha value is -2.69. The van der Waals surface area contributed by atoms with Crippen LogP contribution in [0.25, 0.3) is 5.69 Å². The Morgan fingerprint density at radius 3 is 2.33 bits per heavy atom. The summed E-state index contributed by atoms with van der Waals surface area (Å²) in [7, 11) is 0. The van der Waals surface area contributed by atoms with Crippen LogP contribution in [0.1, 0.15) is 18.4 Å². The lowest BCUT2D eigenvalue weighted by Crippen LogP contribution is -2.26. The quantitative estimate of drug-likeness (QED) is 0.929. The van der Waals surface area contributed by atoms with E-state index in [4.69, 9.17) is 0 Å². The topological polar surface area (TPSA) is 63.5 Å². The molecular formula is C16H15N3O2. The summed E-state index contributed by atoms with van der Waals surface area (Å²) in [6.45, 7) is 0. The van der Waals surface area contributed by atoms with Crippen LogP contribution in [0.2, 0.25) is 0 Å². The molecule has 1 amide bonds. The lowest BCUT2D eigenvalue weighted by molar-refractivity contribution is -0.121. The molecule has 0 radical (unpaired) electrons. The zero-order valence-corrected chi connectivity index (χ0v) is 11.5. The highest BCUT2D eigenvalue weighted by atomic mass is 16.2. The van der Waals surface area contributed by atoms with E-state index in [1.54, 1.807) is 12.4 Å². The van der Waals surface area contributed by atoms with Crippen molar-refractivity contribution in [3.63, 3.8) is 0 Å². The molecule has 0 spiro atoms. The molecule has 2 heterocycles. The summed E-state index contributed by atoms with van der Waals surface area (Å²) in [4.78, 5) is 22.1. The highest BCUT2D eigenvalue weighted by molar-refractivity contribution is 5.93. The standard InChI is InChI=1S/C16H15N3O2/c20-15-7-9-19(10-8-15)14-4-1-12(2-5-14)11-13-3-6-16(21)18-17-13/h1-2,4-5,7-10H,3,6,11H2,(H,18,21). The van der Waals surface area contributed by atoms with E-state index in [-0.39, 0.29) is 11.3 Å². The number of nitrogens with zero attached hydrogens (tertiary/aromatic N) is 2. The minimum atomic E-state index is -0.0210. The van der Waals surface area contributed by atoms with Crippen molar-refractivity contribution < 1.29 is 4.79 Å². The first-order valence-corrected chi connectivity index (χ1v) is 6.83. The molecule has 0 atom stereocenters. The molecule has 5 heteroatoms. The van der Waals surface area contributed by atoms with Crippen molar-refractivity contribution in [2.75, 3.05) is 0 Å². The molecule has 5 nitrogen and oxygen atoms in total. The van der Waals surface area contributed by atoms with Gasteiger partial charge in [0.05, 0.1) is 0 Å². The van der Waals surface area contributed by atoms with Gasteiger partial charge in [-0.2, -0.15) is 5.10 Å². The van der Waals surface area contributed by atoms with Gasteiger partial charge in [-0.05, 0) is 24.1 Å². The van der Waals surface area contributed by atoms with Gasteiger partial charge >= 0.3 is 0 Å². The largest absolute Gasteiger partial charge is 0.324 e. The van der Waals surface area contributed by atoms with Crippen LogP contribution in [-0.4, -0.2) is 16.2 Å². The number of rotatable bonds is 3. The molecule has 0 saturated heterocycles. The molecule has 0 saturated carbocycles. The summed E-state index contributed by atoms with van der Waals surface area (Å²) in [6.07, 6.45) is 5.46. The van der Waals surface area contributed by atoms with E-state index < -0.39 is 0 Å². The average molecular weight is 281 g/mol. The van der Waals surface area contributed by atoms with Crippen molar-refractivity contribution in [3.8, 4) is 5.69 Å². The van der Waals surface area contributed by atoms with Crippen molar-refractivity contribution in [1.29, 1.82) is 0 Å². The molecule has 1 aliphatic heterocycles. The SMILES string of the molecule is O=C1CCC(Cc2ccc(-n3ccc(=O)cc3)cc2)=NN1. The Labute approximate surface area is 121 Å². The zero-order chi connectivity index (χ0) is 14.7. The third-order valence-corrected chi connectivity index (χ3v) is 3.42. The maximum atomic E-state index is 11.1. The number of hydrogen-bond donors (Lipinski definition) is 1. The van der Waals surface area contributed by atoms with E-state index in [1.165, 1.54) is 12.1 Å². The van der Waals surface area contributed by atoms with Gasteiger partial charge in [-0.1, -0.05) is 12.1 Å². The Morgan fingerprint density at radius 2 is 1.71 bits per heavy atom. The van der Waals surface area contributed by atoms with Crippen LogP contribution in [0, 0.1) is 0 Å². The number of hydrazone groups is 1. The van der Waals surface area contributed by atoms with Crippen molar-refractivity contribution in [3.05, 3.63) is 64.6 Å². The number of benzene rings is 1. The minimum absolute atomic E-state index is 0.000211. The van der Waals surface area contributed by atoms with Gasteiger partial charge in [0.25, 0.3) is 0 Å². The van der Waals surface area contributed by atoms with Crippen LogP contribution in [0.3, 0.4) is 0 Å². The maximum Gasteiger partial charge on any atom is 0.240 e. The van der Waals surface area contributed by atoms with E-state index in [1.807, 2.05) is 28.8 Å². The van der Waals surface area contributed by atoms with Gasteiger partial charge in [-0.25, -0.2) is 5.43 Å². The third kappa shape index (κ3) is 3.25. The molecule has 1 aliphatic rings. The summed E-state index contributed by atoms with van der Waals surface area (Å²) in [5, 5.41) is 4.07. The fraction of sp³-hybridized carbons (Fsp3) is 0.188. The van der Waals surface area contributed by atoms with Gasteiger partial charge in [-0.3, -0.25) is 9.59 Å². The van der Waals surface area contributed by atoms with E-state index in [2.05, 4.69) is 10.5 Å². The number of pyridine rings is 1. The van der Waals surface area contributed by atoms with E-state index in [0.717, 1.165) is 23.4 Å². The normalized spacial score (nSPS) is 14.5. The lowest BCUT2D eigenvalue weighted by Gasteiger charge is -2.12. The number of amides is 1. The smallest absolute Gasteiger partial charge is 0.240 e. The van der Waals surface area contributed by atoms with Crippen molar-refractivity contribution in [2.24, 2.45) is 5.10 Å². The van der Waals surface area contributed by atoms with Gasteiger partial charge in [0, 0.05) is 48.8 Å². The lowest BCUT2D eigenvalue weighted by atomic mass is 10.0. The second kappa shape index (κ2) is 5.75. The molecular weight excluding hydrogens is 266 g/mol. The molecule has 3 rings (SSSR count). The molecule has 2 aromatic rings. The number of aromatic nitrogens is 1. The first-order chi connectivity index (χ1) is 10.2. The molecule has 106 valence electrons. The number of hydrogen-bond acceptors (Lipinski definition) is 3. The van der Waals surface area contributed by atoms with Gasteiger partial charge < -0.3 is 4.57 Å². The average Bonchev–Trinajstić information content (AvgIpc) is 2.51. The highest BCUT2D eigenvalue weighted by Gasteiger charge is 2.11. The summed E-state index contributed by atoms with van der Waals surface area (Å²) in [5.74, 6) is -0.0210. The van der Waals surface area contributed by atoms with Crippen molar-refractivity contribution in [2.45, 2.75) is 19.3 Å². The second-order valence-corrected chi connectivity index (χ2v) is 5.00. The van der Waals surface area contributed by atoms with E-state index in [0.29, 0.717) is 12.8 Å². The highest BCUT2D eigenvalue weighted by Crippen LogP contribution is 2.12. The molecule has 1 aromatic carbocycles. The third-order valence-electron chi connectivity index (χ3n) is 3.42. The molecule has 0 aliphatic carbocycles. The van der Waals surface area contributed by atoms with Gasteiger partial charge in [0.15, 0.2) is 5.43 Å². The van der Waals surface area contributed by atoms with Crippen LogP contribution < -0.4 is 10.9 Å². The number of nitrogens with one attached hydrogen (secondary N) is 1. The molecule has 1 aromatic heterocycles. The van der Waals surface area contributed by atoms with Crippen LogP contribution >= 0.6 is 0 Å². The van der Waals surface area contributed by atoms with Crippen LogP contribution in [0.5, 0.6) is 0 Å². The minimum Gasteiger partial charge on any atom is -0.324 e. The van der Waals surface area contributed by atoms with Crippen molar-refractivity contribution in [1.82, 2.24) is 9.99 Å². The second-order valence-electron chi connectivity index (χ2n) is 5.00. The fourth-order valence-corrected chi connectivity index (χ4v) is 2.25. The summed E-state index contributed by atoms with van der Waals surface area (Å²) >= 11 is 0. The number of carbonyl (C=O) groups excluding carboxylic acids is 1. The van der Waals surface area contributed by atoms with Gasteiger partial charge in [0.1, 0.15) is 0 Å². The molecule has 0 fully saturated rings. The molecule has 1 N–H and O–H groups in total. The summed E-state index contributed by atoms with van der Waals surface area (Å²) < 4.78 is 1.89. The predicted octanol–water partition coefficient (Wildman–Crippen LogP) is 1.65. The maximum absolute atomic E-state index is 11.1. The van der Waals surface area contributed by atoms with Crippen LogP contribution in [0.15, 0.2) is 58.7 Å². The van der Waals surface area contributed by atoms with E-state index in [9.17, 15) is 9.59 Å². The zero-order valence-electron chi connectivity index (χ0n) is 11.5. The summed E-state index contributed by atoms with van der Waals surface area (Å²) in [5.41, 5.74) is 5.65. The monoisotopic (exact) mass is 281 g/mol. The summed E-state index contributed by atoms with van der Waals surface area (Å²) in [6, 6.07) is 11.1. The Balaban J connectivity index is 1.73. The number of carbonyl (C=O) groups is 1. The fourth-order valence-electron chi connectivity index (χ4n) is 2.25. The Kier molecular flexibility index (Phi) is 3.64. The Bertz CT molecular complexity index is 724. The molecule has 0 bridgehead atoms. The van der Waals surface area contributed by atoms with Crippen LogP contribution in [0.4, 0.5) is 0 Å². The first kappa shape index (κ1) is 13.3. The van der Waals surface area contributed by atoms with Crippen LogP contribution in [-0.2, 0) is 11.2 Å². The first-order valence-electron chi connectivity index (χ1n) is 6.83. The van der Waals surface area contributed by atoms with E-state index >= 15 is 0 Å². The van der Waals surface area contributed by atoms with Gasteiger partial charge in [0.2, 0.25) is 5.91 Å². The molecule has 0 unspecified atom stereocenters.